The summed E-state index contributed by atoms with van der Waals surface area (Å²) in [6.45, 7) is -0.0624. The summed E-state index contributed by atoms with van der Waals surface area (Å²) in [5.41, 5.74) is 1.25. The van der Waals surface area contributed by atoms with Crippen molar-refractivity contribution in [3.05, 3.63) is 63.9 Å². The van der Waals surface area contributed by atoms with Crippen molar-refractivity contribution in [2.45, 2.75) is 6.61 Å². The van der Waals surface area contributed by atoms with Gasteiger partial charge in [-0.2, -0.15) is 0 Å². The van der Waals surface area contributed by atoms with Crippen molar-refractivity contribution in [2.24, 2.45) is 0 Å². The van der Waals surface area contributed by atoms with Gasteiger partial charge in [0.25, 0.3) is 5.91 Å². The van der Waals surface area contributed by atoms with E-state index >= 15 is 0 Å². The van der Waals surface area contributed by atoms with Gasteiger partial charge in [0.1, 0.15) is 5.82 Å². The number of rotatable bonds is 3. The van der Waals surface area contributed by atoms with E-state index in [1.807, 2.05) is 0 Å². The van der Waals surface area contributed by atoms with Crippen molar-refractivity contribution in [2.75, 3.05) is 5.32 Å². The van der Waals surface area contributed by atoms with Gasteiger partial charge in [0.2, 0.25) is 0 Å². The zero-order valence-corrected chi connectivity index (χ0v) is 11.4. The van der Waals surface area contributed by atoms with Crippen LogP contribution in [0, 0.1) is 5.82 Å². The van der Waals surface area contributed by atoms with E-state index in [-0.39, 0.29) is 12.2 Å². The molecule has 0 aliphatic heterocycles. The molecule has 0 atom stereocenters. The van der Waals surface area contributed by atoms with Crippen LogP contribution in [0.15, 0.2) is 46.9 Å². The Morgan fingerprint density at radius 2 is 1.89 bits per heavy atom. The van der Waals surface area contributed by atoms with Crippen molar-refractivity contribution in [3.8, 4) is 0 Å². The van der Waals surface area contributed by atoms with Crippen LogP contribution in [0.1, 0.15) is 15.9 Å². The number of hydrogen-bond donors (Lipinski definition) is 2. The highest BCUT2D eigenvalue weighted by atomic mass is 79.9. The molecule has 0 fully saturated rings. The molecule has 98 valence electrons. The SMILES string of the molecule is O=C(Nc1ccc(CO)cc1)c1c(F)cccc1Br. The van der Waals surface area contributed by atoms with Crippen molar-refractivity contribution < 1.29 is 14.3 Å². The molecule has 2 N–H and O–H groups in total. The number of anilines is 1. The quantitative estimate of drug-likeness (QED) is 0.910. The van der Waals surface area contributed by atoms with Gasteiger partial charge >= 0.3 is 0 Å². The van der Waals surface area contributed by atoms with E-state index in [1.165, 1.54) is 12.1 Å². The molecule has 2 rings (SSSR count). The highest BCUT2D eigenvalue weighted by molar-refractivity contribution is 9.10. The lowest BCUT2D eigenvalue weighted by atomic mass is 10.2. The minimum Gasteiger partial charge on any atom is -0.392 e. The third-order valence-electron chi connectivity index (χ3n) is 2.58. The second-order valence-corrected chi connectivity index (χ2v) is 4.76. The maximum Gasteiger partial charge on any atom is 0.259 e. The van der Waals surface area contributed by atoms with Crippen molar-refractivity contribution in [1.29, 1.82) is 0 Å². The molecule has 0 saturated carbocycles. The standard InChI is InChI=1S/C14H11BrFNO2/c15-11-2-1-3-12(16)13(11)14(19)17-10-6-4-9(8-18)5-7-10/h1-7,18H,8H2,(H,17,19). The molecule has 0 spiro atoms. The Bertz CT molecular complexity index is 579. The Kier molecular flexibility index (Phi) is 4.29. The fourth-order valence-electron chi connectivity index (χ4n) is 1.60. The topological polar surface area (TPSA) is 49.3 Å². The number of carbonyl (C=O) groups excluding carboxylic acids is 1. The third kappa shape index (κ3) is 3.19. The molecular weight excluding hydrogens is 313 g/mol. The molecule has 2 aromatic carbocycles. The summed E-state index contributed by atoms with van der Waals surface area (Å²) in [6.07, 6.45) is 0. The number of nitrogens with one attached hydrogen (secondary N) is 1. The molecule has 0 aliphatic rings. The number of benzene rings is 2. The predicted molar refractivity (Wildman–Crippen MR) is 74.4 cm³/mol. The van der Waals surface area contributed by atoms with Crippen LogP contribution < -0.4 is 5.32 Å². The van der Waals surface area contributed by atoms with Crippen LogP contribution in [0.2, 0.25) is 0 Å². The monoisotopic (exact) mass is 323 g/mol. The molecule has 0 saturated heterocycles. The van der Waals surface area contributed by atoms with Crippen molar-refractivity contribution >= 4 is 27.5 Å². The lowest BCUT2D eigenvalue weighted by molar-refractivity contribution is 0.102. The largest absolute Gasteiger partial charge is 0.392 e. The van der Waals surface area contributed by atoms with Gasteiger partial charge in [-0.3, -0.25) is 4.79 Å². The van der Waals surface area contributed by atoms with Crippen LogP contribution >= 0.6 is 15.9 Å². The molecular formula is C14H11BrFNO2. The Morgan fingerprint density at radius 1 is 1.21 bits per heavy atom. The van der Waals surface area contributed by atoms with Crippen molar-refractivity contribution in [1.82, 2.24) is 0 Å². The fraction of sp³-hybridized carbons (Fsp3) is 0.0714. The van der Waals surface area contributed by atoms with Gasteiger partial charge in [-0.05, 0) is 45.8 Å². The first-order valence-corrected chi connectivity index (χ1v) is 6.36. The van der Waals surface area contributed by atoms with Gasteiger partial charge in [0.05, 0.1) is 12.2 Å². The fourth-order valence-corrected chi connectivity index (χ4v) is 2.12. The lowest BCUT2D eigenvalue weighted by Crippen LogP contribution is -2.14. The molecule has 0 aromatic heterocycles. The molecule has 19 heavy (non-hydrogen) atoms. The highest BCUT2D eigenvalue weighted by Crippen LogP contribution is 2.21. The van der Waals surface area contributed by atoms with Crippen molar-refractivity contribution in [3.63, 3.8) is 0 Å². The molecule has 0 radical (unpaired) electrons. The number of amides is 1. The average molecular weight is 324 g/mol. The summed E-state index contributed by atoms with van der Waals surface area (Å²) >= 11 is 3.15. The zero-order chi connectivity index (χ0) is 13.8. The Morgan fingerprint density at radius 3 is 2.47 bits per heavy atom. The molecule has 0 heterocycles. The summed E-state index contributed by atoms with van der Waals surface area (Å²) in [4.78, 5) is 12.0. The van der Waals surface area contributed by atoms with E-state index in [4.69, 9.17) is 5.11 Å². The maximum absolute atomic E-state index is 13.6. The van der Waals surface area contributed by atoms with Gasteiger partial charge in [-0.15, -0.1) is 0 Å². The first kappa shape index (κ1) is 13.7. The normalized spacial score (nSPS) is 10.3. The van der Waals surface area contributed by atoms with E-state index in [0.29, 0.717) is 10.2 Å². The maximum atomic E-state index is 13.6. The Balaban J connectivity index is 2.21. The van der Waals surface area contributed by atoms with E-state index in [0.717, 1.165) is 5.56 Å². The highest BCUT2D eigenvalue weighted by Gasteiger charge is 2.15. The molecule has 0 bridgehead atoms. The lowest BCUT2D eigenvalue weighted by Gasteiger charge is -2.08. The summed E-state index contributed by atoms with van der Waals surface area (Å²) < 4.78 is 14.0. The van der Waals surface area contributed by atoms with Crippen LogP contribution in [0.4, 0.5) is 10.1 Å². The molecule has 3 nitrogen and oxygen atoms in total. The minimum absolute atomic E-state index is 0.0336. The first-order chi connectivity index (χ1) is 9.11. The summed E-state index contributed by atoms with van der Waals surface area (Å²) in [6, 6.07) is 11.0. The predicted octanol–water partition coefficient (Wildman–Crippen LogP) is 3.33. The number of aliphatic hydroxyl groups is 1. The van der Waals surface area contributed by atoms with E-state index in [9.17, 15) is 9.18 Å². The smallest absolute Gasteiger partial charge is 0.259 e. The van der Waals surface area contributed by atoms with Gasteiger partial charge in [0.15, 0.2) is 0 Å². The van der Waals surface area contributed by atoms with E-state index in [2.05, 4.69) is 21.2 Å². The van der Waals surface area contributed by atoms with Gasteiger partial charge in [-0.1, -0.05) is 18.2 Å². The van der Waals surface area contributed by atoms with Crippen LogP contribution in [-0.4, -0.2) is 11.0 Å². The van der Waals surface area contributed by atoms with Gasteiger partial charge in [0, 0.05) is 10.2 Å². The van der Waals surface area contributed by atoms with Gasteiger partial charge in [-0.25, -0.2) is 4.39 Å². The van der Waals surface area contributed by atoms with Crippen LogP contribution in [-0.2, 0) is 6.61 Å². The number of halogens is 2. The van der Waals surface area contributed by atoms with Crippen LogP contribution in [0.3, 0.4) is 0 Å². The molecule has 1 amide bonds. The zero-order valence-electron chi connectivity index (χ0n) is 9.86. The number of carbonyl (C=O) groups is 1. The molecule has 2 aromatic rings. The average Bonchev–Trinajstić information content (AvgIpc) is 2.39. The molecule has 0 unspecified atom stereocenters. The third-order valence-corrected chi connectivity index (χ3v) is 3.25. The summed E-state index contributed by atoms with van der Waals surface area (Å²) in [7, 11) is 0. The Labute approximate surface area is 118 Å². The number of hydrogen-bond acceptors (Lipinski definition) is 2. The van der Waals surface area contributed by atoms with Crippen LogP contribution in [0.25, 0.3) is 0 Å². The van der Waals surface area contributed by atoms with Crippen LogP contribution in [0.5, 0.6) is 0 Å². The Hall–Kier alpha value is -1.72. The first-order valence-electron chi connectivity index (χ1n) is 5.57. The second-order valence-electron chi connectivity index (χ2n) is 3.91. The summed E-state index contributed by atoms with van der Waals surface area (Å²) in [5.74, 6) is -1.11. The number of aliphatic hydroxyl groups excluding tert-OH is 1. The van der Waals surface area contributed by atoms with E-state index in [1.54, 1.807) is 30.3 Å². The molecule has 0 aliphatic carbocycles. The van der Waals surface area contributed by atoms with E-state index < -0.39 is 11.7 Å². The second kappa shape index (κ2) is 5.95. The molecule has 5 heteroatoms. The minimum atomic E-state index is -0.584. The van der Waals surface area contributed by atoms with Gasteiger partial charge < -0.3 is 10.4 Å². The summed E-state index contributed by atoms with van der Waals surface area (Å²) in [5, 5.41) is 11.5.